The number of anilines is 2. The summed E-state index contributed by atoms with van der Waals surface area (Å²) in [5, 5.41) is 17.1. The molecule has 25 heavy (non-hydrogen) atoms. The highest BCUT2D eigenvalue weighted by molar-refractivity contribution is 5.97. The quantitative estimate of drug-likeness (QED) is 0.648. The molecule has 1 aromatic heterocycles. The third kappa shape index (κ3) is 2.94. The van der Waals surface area contributed by atoms with Crippen molar-refractivity contribution in [2.24, 2.45) is 17.1 Å². The largest absolute Gasteiger partial charge is 0.392 e. The molecule has 4 saturated carbocycles. The fourth-order valence-corrected chi connectivity index (χ4v) is 4.34. The van der Waals surface area contributed by atoms with Crippen LogP contribution in [0.15, 0.2) is 6.20 Å². The molecule has 5 rings (SSSR count). The molecule has 1 aromatic rings. The van der Waals surface area contributed by atoms with E-state index < -0.39 is 5.91 Å². The first-order chi connectivity index (χ1) is 11.8. The van der Waals surface area contributed by atoms with Crippen molar-refractivity contribution in [2.45, 2.75) is 70.1 Å². The molecule has 2 atom stereocenters. The van der Waals surface area contributed by atoms with Crippen molar-refractivity contribution < 1.29 is 9.90 Å². The van der Waals surface area contributed by atoms with E-state index in [9.17, 15) is 9.90 Å². The summed E-state index contributed by atoms with van der Waals surface area (Å²) in [5.74, 6) is 1.33. The molecule has 5 N–H and O–H groups in total. The molecule has 1 amide bonds. The van der Waals surface area contributed by atoms with Crippen molar-refractivity contribution in [1.29, 1.82) is 0 Å². The maximum atomic E-state index is 11.7. The van der Waals surface area contributed by atoms with Crippen molar-refractivity contribution in [3.05, 3.63) is 11.8 Å². The first kappa shape index (κ1) is 16.6. The Morgan fingerprint density at radius 1 is 1.36 bits per heavy atom. The van der Waals surface area contributed by atoms with E-state index in [2.05, 4.69) is 34.4 Å². The van der Waals surface area contributed by atoms with Crippen molar-refractivity contribution in [3.8, 4) is 0 Å². The standard InChI is InChI=1S/C18H27N5O2/c1-17(2)4-3-11(5-13(17)24)21-15-12(14(19)25)9-20-16(22-15)23-18-6-10(7-18)8-18/h9-11,13,24H,3-8H2,1-2H3,(H2,19,25)(H2,20,21,22,23)/t10?,11-,13-,18?/m1/s1. The van der Waals surface area contributed by atoms with E-state index in [1.165, 1.54) is 25.5 Å². The van der Waals surface area contributed by atoms with Crippen LogP contribution in [-0.2, 0) is 0 Å². The lowest BCUT2D eigenvalue weighted by Crippen LogP contribution is -2.63. The van der Waals surface area contributed by atoms with Gasteiger partial charge in [-0.2, -0.15) is 4.98 Å². The highest BCUT2D eigenvalue weighted by Gasteiger charge is 2.57. The number of carbonyl (C=O) groups excluding carboxylic acids is 1. The molecular formula is C18H27N5O2. The Balaban J connectivity index is 1.51. The van der Waals surface area contributed by atoms with Crippen molar-refractivity contribution in [2.75, 3.05) is 10.6 Å². The van der Waals surface area contributed by atoms with Gasteiger partial charge in [0.1, 0.15) is 5.82 Å². The van der Waals surface area contributed by atoms with E-state index in [1.807, 2.05) is 0 Å². The Bertz CT molecular complexity index is 688. The van der Waals surface area contributed by atoms with Crippen LogP contribution < -0.4 is 16.4 Å². The van der Waals surface area contributed by atoms with E-state index in [4.69, 9.17) is 5.73 Å². The van der Waals surface area contributed by atoms with E-state index in [-0.39, 0.29) is 23.1 Å². The van der Waals surface area contributed by atoms with Crippen molar-refractivity contribution >= 4 is 17.7 Å². The zero-order chi connectivity index (χ0) is 17.8. The van der Waals surface area contributed by atoms with Gasteiger partial charge in [0.2, 0.25) is 5.95 Å². The van der Waals surface area contributed by atoms with Crippen LogP contribution in [0.3, 0.4) is 0 Å². The third-order valence-electron chi connectivity index (χ3n) is 6.36. The van der Waals surface area contributed by atoms with Crippen LogP contribution in [0.2, 0.25) is 0 Å². The number of aromatic nitrogens is 2. The molecule has 136 valence electrons. The van der Waals surface area contributed by atoms with Gasteiger partial charge < -0.3 is 21.5 Å². The number of rotatable bonds is 5. The summed E-state index contributed by atoms with van der Waals surface area (Å²) in [6.45, 7) is 4.17. The monoisotopic (exact) mass is 345 g/mol. The van der Waals surface area contributed by atoms with Crippen molar-refractivity contribution in [1.82, 2.24) is 9.97 Å². The first-order valence-electron chi connectivity index (χ1n) is 9.16. The predicted octanol–water partition coefficient (Wildman–Crippen LogP) is 1.89. The zero-order valence-electron chi connectivity index (χ0n) is 14.9. The van der Waals surface area contributed by atoms with E-state index in [0.717, 1.165) is 18.8 Å². The van der Waals surface area contributed by atoms with Gasteiger partial charge in [0.25, 0.3) is 5.91 Å². The van der Waals surface area contributed by atoms with E-state index >= 15 is 0 Å². The molecule has 7 heteroatoms. The second-order valence-electron chi connectivity index (χ2n) is 8.82. The van der Waals surface area contributed by atoms with Crippen LogP contribution in [0, 0.1) is 11.3 Å². The highest BCUT2D eigenvalue weighted by atomic mass is 16.3. The smallest absolute Gasteiger partial charge is 0.254 e. The number of amides is 1. The Hall–Kier alpha value is -1.89. The normalized spacial score (nSPS) is 35.2. The van der Waals surface area contributed by atoms with E-state index in [1.54, 1.807) is 0 Å². The summed E-state index contributed by atoms with van der Waals surface area (Å²) in [7, 11) is 0. The number of aliphatic hydroxyl groups excluding tert-OH is 1. The van der Waals surface area contributed by atoms with Crippen LogP contribution >= 0.6 is 0 Å². The number of nitrogens with two attached hydrogens (primary N) is 1. The fraction of sp³-hybridized carbons (Fsp3) is 0.722. The van der Waals surface area contributed by atoms with Gasteiger partial charge in [-0.05, 0) is 49.9 Å². The number of nitrogens with one attached hydrogen (secondary N) is 2. The molecular weight excluding hydrogens is 318 g/mol. The number of nitrogens with zero attached hydrogens (tertiary/aromatic N) is 2. The van der Waals surface area contributed by atoms with Gasteiger partial charge in [-0.15, -0.1) is 0 Å². The lowest BCUT2D eigenvalue weighted by Gasteiger charge is -2.61. The first-order valence-corrected chi connectivity index (χ1v) is 9.16. The van der Waals surface area contributed by atoms with Gasteiger partial charge in [0.15, 0.2) is 0 Å². The molecule has 0 aliphatic heterocycles. The van der Waals surface area contributed by atoms with Gasteiger partial charge >= 0.3 is 0 Å². The number of hydrogen-bond acceptors (Lipinski definition) is 6. The molecule has 0 unspecified atom stereocenters. The zero-order valence-corrected chi connectivity index (χ0v) is 14.9. The summed E-state index contributed by atoms with van der Waals surface area (Å²) in [5.41, 5.74) is 5.87. The minimum atomic E-state index is -0.545. The van der Waals surface area contributed by atoms with Crippen LogP contribution in [-0.4, -0.2) is 38.7 Å². The van der Waals surface area contributed by atoms with Crippen LogP contribution in [0.5, 0.6) is 0 Å². The lowest BCUT2D eigenvalue weighted by atomic mass is 9.50. The van der Waals surface area contributed by atoms with Crippen LogP contribution in [0.4, 0.5) is 11.8 Å². The van der Waals surface area contributed by atoms with Crippen LogP contribution in [0.25, 0.3) is 0 Å². The summed E-state index contributed by atoms with van der Waals surface area (Å²) >= 11 is 0. The number of carbonyl (C=O) groups is 1. The topological polar surface area (TPSA) is 113 Å². The maximum absolute atomic E-state index is 11.7. The fourth-order valence-electron chi connectivity index (χ4n) is 4.34. The predicted molar refractivity (Wildman–Crippen MR) is 95.3 cm³/mol. The second-order valence-corrected chi connectivity index (χ2v) is 8.82. The van der Waals surface area contributed by atoms with Crippen LogP contribution in [0.1, 0.15) is 62.7 Å². The van der Waals surface area contributed by atoms with E-state index in [0.29, 0.717) is 23.8 Å². The molecule has 4 fully saturated rings. The van der Waals surface area contributed by atoms with Gasteiger partial charge in [-0.1, -0.05) is 13.8 Å². The molecule has 7 nitrogen and oxygen atoms in total. The SMILES string of the molecule is CC1(C)CC[C@@H](Nc2nc(NC34CC(C3)C4)ncc2C(N)=O)C[C@H]1O. The highest BCUT2D eigenvalue weighted by Crippen LogP contribution is 2.58. The molecule has 4 aliphatic rings. The number of aliphatic hydroxyl groups is 1. The Morgan fingerprint density at radius 3 is 2.64 bits per heavy atom. The van der Waals surface area contributed by atoms with Gasteiger partial charge in [0, 0.05) is 17.8 Å². The van der Waals surface area contributed by atoms with Gasteiger partial charge in [-0.3, -0.25) is 4.79 Å². The average Bonchev–Trinajstić information content (AvgIpc) is 2.46. The summed E-state index contributed by atoms with van der Waals surface area (Å²) in [6.07, 6.45) is 7.12. The summed E-state index contributed by atoms with van der Waals surface area (Å²) in [4.78, 5) is 20.5. The summed E-state index contributed by atoms with van der Waals surface area (Å²) < 4.78 is 0. The molecule has 0 radical (unpaired) electrons. The van der Waals surface area contributed by atoms with Gasteiger partial charge in [-0.25, -0.2) is 4.98 Å². The molecule has 0 spiro atoms. The lowest BCUT2D eigenvalue weighted by molar-refractivity contribution is 0.00146. The summed E-state index contributed by atoms with van der Waals surface area (Å²) in [6, 6.07) is 0.0684. The maximum Gasteiger partial charge on any atom is 0.254 e. The minimum Gasteiger partial charge on any atom is -0.392 e. The van der Waals surface area contributed by atoms with Gasteiger partial charge in [0.05, 0.1) is 11.7 Å². The van der Waals surface area contributed by atoms with Crippen molar-refractivity contribution in [3.63, 3.8) is 0 Å². The average molecular weight is 345 g/mol. The number of primary amides is 1. The third-order valence-corrected chi connectivity index (χ3v) is 6.36. The number of hydrogen-bond donors (Lipinski definition) is 4. The molecule has 2 bridgehead atoms. The second kappa shape index (κ2) is 5.56. The molecule has 4 aliphatic carbocycles. The minimum absolute atomic E-state index is 0.0684. The Labute approximate surface area is 147 Å². The molecule has 1 heterocycles. The molecule has 0 saturated heterocycles. The Morgan fingerprint density at radius 2 is 2.08 bits per heavy atom. The Kier molecular flexibility index (Phi) is 3.68. The molecule has 0 aromatic carbocycles.